The standard InChI is InChI=1S/C13H18N2O2/c1-9-5-8-17-12(9)13(16)15-7-2-3-10-11(15)4-6-14-10/h5,8,10-11,14H,2-4,6-7H2,1H3. The van der Waals surface area contributed by atoms with Crippen LogP contribution in [0.1, 0.15) is 35.4 Å². The second-order valence-corrected chi connectivity index (χ2v) is 4.99. The lowest BCUT2D eigenvalue weighted by Crippen LogP contribution is -2.51. The van der Waals surface area contributed by atoms with Crippen LogP contribution in [-0.2, 0) is 0 Å². The van der Waals surface area contributed by atoms with Crippen LogP contribution in [0.25, 0.3) is 0 Å². The van der Waals surface area contributed by atoms with E-state index in [0.717, 1.165) is 31.5 Å². The Morgan fingerprint density at radius 1 is 1.53 bits per heavy atom. The van der Waals surface area contributed by atoms with E-state index in [4.69, 9.17) is 4.42 Å². The van der Waals surface area contributed by atoms with Crippen molar-refractivity contribution in [2.75, 3.05) is 13.1 Å². The Morgan fingerprint density at radius 3 is 3.18 bits per heavy atom. The molecule has 0 aromatic carbocycles. The Hall–Kier alpha value is -1.29. The first-order chi connectivity index (χ1) is 8.27. The minimum absolute atomic E-state index is 0.0610. The predicted molar refractivity (Wildman–Crippen MR) is 63.9 cm³/mol. The highest BCUT2D eigenvalue weighted by Crippen LogP contribution is 2.26. The number of carbonyl (C=O) groups excluding carboxylic acids is 1. The van der Waals surface area contributed by atoms with Crippen molar-refractivity contribution in [2.24, 2.45) is 0 Å². The molecule has 0 radical (unpaired) electrons. The molecular weight excluding hydrogens is 216 g/mol. The van der Waals surface area contributed by atoms with E-state index in [2.05, 4.69) is 5.32 Å². The topological polar surface area (TPSA) is 45.5 Å². The van der Waals surface area contributed by atoms with E-state index < -0.39 is 0 Å². The number of nitrogens with one attached hydrogen (secondary N) is 1. The Kier molecular flexibility index (Phi) is 2.67. The summed E-state index contributed by atoms with van der Waals surface area (Å²) in [5.41, 5.74) is 0.933. The fraction of sp³-hybridized carbons (Fsp3) is 0.615. The quantitative estimate of drug-likeness (QED) is 0.802. The van der Waals surface area contributed by atoms with Gasteiger partial charge in [0, 0.05) is 24.2 Å². The Labute approximate surface area is 101 Å². The van der Waals surface area contributed by atoms with Gasteiger partial charge >= 0.3 is 0 Å². The molecule has 17 heavy (non-hydrogen) atoms. The number of rotatable bonds is 1. The lowest BCUT2D eigenvalue weighted by atomic mass is 9.97. The first kappa shape index (κ1) is 10.8. The van der Waals surface area contributed by atoms with Crippen LogP contribution >= 0.6 is 0 Å². The van der Waals surface area contributed by atoms with Gasteiger partial charge in [-0.1, -0.05) is 0 Å². The summed E-state index contributed by atoms with van der Waals surface area (Å²) in [5, 5.41) is 3.48. The van der Waals surface area contributed by atoms with Gasteiger partial charge in [0.05, 0.1) is 6.26 Å². The van der Waals surface area contributed by atoms with Crippen LogP contribution < -0.4 is 5.32 Å². The zero-order valence-electron chi connectivity index (χ0n) is 10.1. The summed E-state index contributed by atoms with van der Waals surface area (Å²) in [5.74, 6) is 0.573. The maximum atomic E-state index is 12.4. The van der Waals surface area contributed by atoms with Gasteiger partial charge in [-0.05, 0) is 38.8 Å². The molecule has 0 aliphatic carbocycles. The van der Waals surface area contributed by atoms with Crippen LogP contribution in [0.4, 0.5) is 0 Å². The number of hydrogen-bond donors (Lipinski definition) is 1. The maximum absolute atomic E-state index is 12.4. The molecule has 2 aliphatic heterocycles. The molecule has 4 heteroatoms. The number of fused-ring (bicyclic) bond motifs is 1. The van der Waals surface area contributed by atoms with Crippen LogP contribution in [0.3, 0.4) is 0 Å². The predicted octanol–water partition coefficient (Wildman–Crippen LogP) is 1.55. The lowest BCUT2D eigenvalue weighted by Gasteiger charge is -2.37. The third kappa shape index (κ3) is 1.76. The summed E-state index contributed by atoms with van der Waals surface area (Å²) in [4.78, 5) is 14.4. The highest BCUT2D eigenvalue weighted by atomic mass is 16.3. The molecule has 1 N–H and O–H groups in total. The zero-order chi connectivity index (χ0) is 11.8. The molecule has 2 aliphatic rings. The highest BCUT2D eigenvalue weighted by Gasteiger charge is 2.38. The molecule has 3 rings (SSSR count). The third-order valence-corrected chi connectivity index (χ3v) is 3.94. The van der Waals surface area contributed by atoms with E-state index in [1.54, 1.807) is 6.26 Å². The molecule has 2 fully saturated rings. The number of likely N-dealkylation sites (tertiary alicyclic amines) is 1. The second kappa shape index (κ2) is 4.18. The van der Waals surface area contributed by atoms with Gasteiger partial charge < -0.3 is 14.6 Å². The highest BCUT2D eigenvalue weighted by molar-refractivity contribution is 5.93. The van der Waals surface area contributed by atoms with Gasteiger partial charge in [-0.3, -0.25) is 4.79 Å². The van der Waals surface area contributed by atoms with Gasteiger partial charge in [0.15, 0.2) is 5.76 Å². The van der Waals surface area contributed by atoms with E-state index in [-0.39, 0.29) is 5.91 Å². The lowest BCUT2D eigenvalue weighted by molar-refractivity contribution is 0.0566. The molecule has 2 atom stereocenters. The van der Waals surface area contributed by atoms with Crippen molar-refractivity contribution in [1.29, 1.82) is 0 Å². The van der Waals surface area contributed by atoms with Crippen molar-refractivity contribution >= 4 is 5.91 Å². The number of aryl methyl sites for hydroxylation is 1. The van der Waals surface area contributed by atoms with Crippen LogP contribution in [-0.4, -0.2) is 36.0 Å². The Bertz CT molecular complexity index is 427. The molecule has 92 valence electrons. The summed E-state index contributed by atoms with van der Waals surface area (Å²) in [7, 11) is 0. The van der Waals surface area contributed by atoms with Crippen molar-refractivity contribution in [1.82, 2.24) is 10.2 Å². The van der Waals surface area contributed by atoms with Gasteiger partial charge in [0.25, 0.3) is 5.91 Å². The molecule has 4 nitrogen and oxygen atoms in total. The molecule has 2 unspecified atom stereocenters. The van der Waals surface area contributed by atoms with Crippen molar-refractivity contribution < 1.29 is 9.21 Å². The first-order valence-electron chi connectivity index (χ1n) is 6.36. The largest absolute Gasteiger partial charge is 0.459 e. The van der Waals surface area contributed by atoms with E-state index in [1.807, 2.05) is 17.9 Å². The fourth-order valence-electron chi connectivity index (χ4n) is 3.04. The molecule has 1 aromatic rings. The first-order valence-corrected chi connectivity index (χ1v) is 6.36. The van der Waals surface area contributed by atoms with Gasteiger partial charge in [-0.2, -0.15) is 0 Å². The summed E-state index contributed by atoms with van der Waals surface area (Å²) in [6, 6.07) is 2.70. The number of piperidine rings is 1. The van der Waals surface area contributed by atoms with Crippen molar-refractivity contribution in [3.05, 3.63) is 23.7 Å². The molecule has 1 aromatic heterocycles. The van der Waals surface area contributed by atoms with Gasteiger partial charge in [0.1, 0.15) is 0 Å². The van der Waals surface area contributed by atoms with Crippen molar-refractivity contribution in [2.45, 2.75) is 38.3 Å². The van der Waals surface area contributed by atoms with Crippen LogP contribution in [0.5, 0.6) is 0 Å². The third-order valence-electron chi connectivity index (χ3n) is 3.94. The van der Waals surface area contributed by atoms with E-state index in [1.165, 1.54) is 6.42 Å². The molecule has 0 spiro atoms. The Morgan fingerprint density at radius 2 is 2.41 bits per heavy atom. The fourth-order valence-corrected chi connectivity index (χ4v) is 3.04. The van der Waals surface area contributed by atoms with Gasteiger partial charge in [0.2, 0.25) is 0 Å². The number of hydrogen-bond acceptors (Lipinski definition) is 3. The monoisotopic (exact) mass is 234 g/mol. The molecule has 1 amide bonds. The smallest absolute Gasteiger partial charge is 0.290 e. The number of furan rings is 1. The summed E-state index contributed by atoms with van der Waals surface area (Å²) < 4.78 is 5.32. The minimum atomic E-state index is 0.0610. The molecule has 0 bridgehead atoms. The van der Waals surface area contributed by atoms with Crippen LogP contribution in [0, 0.1) is 6.92 Å². The molecule has 0 saturated carbocycles. The summed E-state index contributed by atoms with van der Waals surface area (Å²) >= 11 is 0. The summed E-state index contributed by atoms with van der Waals surface area (Å²) in [6.45, 7) is 3.81. The molecular formula is C13H18N2O2. The van der Waals surface area contributed by atoms with Crippen molar-refractivity contribution in [3.8, 4) is 0 Å². The van der Waals surface area contributed by atoms with E-state index in [0.29, 0.717) is 17.8 Å². The minimum Gasteiger partial charge on any atom is -0.459 e. The van der Waals surface area contributed by atoms with Crippen molar-refractivity contribution in [3.63, 3.8) is 0 Å². The number of nitrogens with zero attached hydrogens (tertiary/aromatic N) is 1. The normalized spacial score (nSPS) is 28.2. The number of carbonyl (C=O) groups is 1. The van der Waals surface area contributed by atoms with E-state index in [9.17, 15) is 4.79 Å². The average Bonchev–Trinajstić information content (AvgIpc) is 2.95. The number of amides is 1. The maximum Gasteiger partial charge on any atom is 0.290 e. The zero-order valence-corrected chi connectivity index (χ0v) is 10.1. The van der Waals surface area contributed by atoms with Gasteiger partial charge in [-0.15, -0.1) is 0 Å². The van der Waals surface area contributed by atoms with Crippen LogP contribution in [0.15, 0.2) is 16.7 Å². The van der Waals surface area contributed by atoms with Gasteiger partial charge in [-0.25, -0.2) is 0 Å². The SMILES string of the molecule is Cc1ccoc1C(=O)N1CCCC2NCCC21. The van der Waals surface area contributed by atoms with E-state index >= 15 is 0 Å². The average molecular weight is 234 g/mol. The van der Waals surface area contributed by atoms with Crippen LogP contribution in [0.2, 0.25) is 0 Å². The molecule has 3 heterocycles. The Balaban J connectivity index is 1.83. The summed E-state index contributed by atoms with van der Waals surface area (Å²) in [6.07, 6.45) is 4.93. The molecule has 2 saturated heterocycles. The second-order valence-electron chi connectivity index (χ2n) is 4.99.